The van der Waals surface area contributed by atoms with Crippen LogP contribution in [-0.2, 0) is 4.79 Å². The zero-order chi connectivity index (χ0) is 22.3. The van der Waals surface area contributed by atoms with Crippen molar-refractivity contribution in [2.24, 2.45) is 5.92 Å². The number of nitrogens with one attached hydrogen (secondary N) is 3. The molecule has 1 aromatic rings. The van der Waals surface area contributed by atoms with Crippen LogP contribution in [-0.4, -0.2) is 47.3 Å². The summed E-state index contributed by atoms with van der Waals surface area (Å²) in [6, 6.07) is -0.976. The van der Waals surface area contributed by atoms with Gasteiger partial charge in [0.05, 0.1) is 11.2 Å². The van der Waals surface area contributed by atoms with E-state index in [1.165, 1.54) is 4.90 Å². The quantitative estimate of drug-likeness (QED) is 0.601. The summed E-state index contributed by atoms with van der Waals surface area (Å²) in [5.41, 5.74) is 1.36. The fourth-order valence-electron chi connectivity index (χ4n) is 3.91. The van der Waals surface area contributed by atoms with E-state index in [0.29, 0.717) is 17.0 Å². The van der Waals surface area contributed by atoms with Gasteiger partial charge in [0.25, 0.3) is 0 Å². The topological polar surface area (TPSA) is 82.2 Å². The van der Waals surface area contributed by atoms with Crippen molar-refractivity contribution in [2.75, 3.05) is 18.0 Å². The van der Waals surface area contributed by atoms with Gasteiger partial charge < -0.3 is 20.9 Å². The highest BCUT2D eigenvalue weighted by Crippen LogP contribution is 2.34. The molecule has 0 bridgehead atoms. The van der Waals surface area contributed by atoms with Crippen molar-refractivity contribution in [1.29, 1.82) is 0 Å². The van der Waals surface area contributed by atoms with E-state index < -0.39 is 30.5 Å². The Bertz CT molecular complexity index is 992. The molecule has 0 saturated carbocycles. The minimum absolute atomic E-state index is 0.128. The summed E-state index contributed by atoms with van der Waals surface area (Å²) in [6.45, 7) is 0.561. The Hall–Kier alpha value is -2.82. The van der Waals surface area contributed by atoms with Crippen LogP contribution in [0.2, 0.25) is 0 Å². The van der Waals surface area contributed by atoms with Gasteiger partial charge in [0.2, 0.25) is 5.91 Å². The molecule has 1 aromatic heterocycles. The molecule has 3 N–H and O–H groups in total. The summed E-state index contributed by atoms with van der Waals surface area (Å²) < 4.78 is 52.3. The number of carbonyl (C=O) groups excluding carboxylic acids is 1. The van der Waals surface area contributed by atoms with E-state index in [2.05, 4.69) is 20.6 Å². The smallest absolute Gasteiger partial charge is 0.367 e. The Morgan fingerprint density at radius 1 is 1.35 bits per heavy atom. The van der Waals surface area contributed by atoms with Gasteiger partial charge in [-0.15, -0.1) is 0 Å². The largest absolute Gasteiger partial charge is 0.405 e. The maximum Gasteiger partial charge on any atom is 0.405 e. The van der Waals surface area contributed by atoms with Crippen LogP contribution in [0.3, 0.4) is 0 Å². The SMILES string of the molecule is C[C@H]1CCN(c2nc(C3=CNC4NC=C(Cl)C=C34)ncc2F)[C@@H]1C(=O)NCC(F)(F)F. The molecule has 7 nitrogen and oxygen atoms in total. The molecule has 1 saturated heterocycles. The lowest BCUT2D eigenvalue weighted by atomic mass is 10.0. The Kier molecular flexibility index (Phi) is 5.54. The molecular formula is C19H19ClF4N6O. The highest BCUT2D eigenvalue weighted by Gasteiger charge is 2.40. The number of hydrogen-bond donors (Lipinski definition) is 3. The number of aromatic nitrogens is 2. The molecule has 166 valence electrons. The Labute approximate surface area is 180 Å². The molecule has 12 heteroatoms. The van der Waals surface area contributed by atoms with Crippen LogP contribution < -0.4 is 20.9 Å². The lowest BCUT2D eigenvalue weighted by molar-refractivity contribution is -0.139. The maximum atomic E-state index is 14.7. The zero-order valence-corrected chi connectivity index (χ0v) is 17.1. The zero-order valence-electron chi connectivity index (χ0n) is 16.3. The van der Waals surface area contributed by atoms with Crippen LogP contribution in [0.15, 0.2) is 35.3 Å². The second kappa shape index (κ2) is 8.03. The average molecular weight is 459 g/mol. The molecule has 1 fully saturated rings. The molecule has 3 atom stereocenters. The van der Waals surface area contributed by atoms with Crippen LogP contribution in [0.4, 0.5) is 23.4 Å². The Morgan fingerprint density at radius 3 is 2.84 bits per heavy atom. The third-order valence-electron chi connectivity index (χ3n) is 5.37. The summed E-state index contributed by atoms with van der Waals surface area (Å²) in [5, 5.41) is 8.51. The molecule has 3 aliphatic heterocycles. The number of alkyl halides is 3. The predicted molar refractivity (Wildman–Crippen MR) is 106 cm³/mol. The first-order valence-corrected chi connectivity index (χ1v) is 9.96. The highest BCUT2D eigenvalue weighted by atomic mass is 35.5. The van der Waals surface area contributed by atoms with Gasteiger partial charge in [0.1, 0.15) is 18.8 Å². The van der Waals surface area contributed by atoms with Crippen molar-refractivity contribution in [2.45, 2.75) is 31.7 Å². The van der Waals surface area contributed by atoms with Gasteiger partial charge in [0.15, 0.2) is 17.5 Å². The van der Waals surface area contributed by atoms with Crippen molar-refractivity contribution in [3.8, 4) is 0 Å². The van der Waals surface area contributed by atoms with Gasteiger partial charge in [-0.2, -0.15) is 13.2 Å². The van der Waals surface area contributed by atoms with E-state index in [1.54, 1.807) is 25.4 Å². The van der Waals surface area contributed by atoms with Crippen LogP contribution in [0, 0.1) is 11.7 Å². The molecule has 4 rings (SSSR count). The Balaban J connectivity index is 1.62. The number of dihydropyridines is 1. The molecule has 31 heavy (non-hydrogen) atoms. The van der Waals surface area contributed by atoms with E-state index in [-0.39, 0.29) is 30.3 Å². The maximum absolute atomic E-state index is 14.7. The third kappa shape index (κ3) is 4.32. The molecule has 0 aliphatic carbocycles. The number of carbonyl (C=O) groups is 1. The predicted octanol–water partition coefficient (Wildman–Crippen LogP) is 2.39. The van der Waals surface area contributed by atoms with Crippen LogP contribution in [0.1, 0.15) is 19.2 Å². The van der Waals surface area contributed by atoms with E-state index in [4.69, 9.17) is 11.6 Å². The summed E-state index contributed by atoms with van der Waals surface area (Å²) in [6.07, 6.45) is 1.76. The third-order valence-corrected chi connectivity index (χ3v) is 5.59. The van der Waals surface area contributed by atoms with E-state index in [1.807, 2.05) is 5.32 Å². The van der Waals surface area contributed by atoms with Gasteiger partial charge >= 0.3 is 6.18 Å². The highest BCUT2D eigenvalue weighted by molar-refractivity contribution is 6.31. The van der Waals surface area contributed by atoms with Crippen molar-refractivity contribution in [3.05, 3.63) is 46.9 Å². The molecular weight excluding hydrogens is 440 g/mol. The Morgan fingerprint density at radius 2 is 2.10 bits per heavy atom. The lowest BCUT2D eigenvalue weighted by Gasteiger charge is -2.27. The fourth-order valence-corrected chi connectivity index (χ4v) is 4.09. The first-order valence-electron chi connectivity index (χ1n) is 9.58. The van der Waals surface area contributed by atoms with E-state index in [0.717, 1.165) is 11.8 Å². The monoisotopic (exact) mass is 458 g/mol. The second-order valence-electron chi connectivity index (χ2n) is 7.56. The van der Waals surface area contributed by atoms with Crippen molar-refractivity contribution < 1.29 is 22.4 Å². The summed E-state index contributed by atoms with van der Waals surface area (Å²) in [7, 11) is 0. The normalized spacial score (nSPS) is 25.2. The first-order chi connectivity index (χ1) is 14.6. The van der Waals surface area contributed by atoms with Crippen molar-refractivity contribution in [1.82, 2.24) is 25.9 Å². The van der Waals surface area contributed by atoms with Crippen LogP contribution >= 0.6 is 11.6 Å². The molecule has 0 aromatic carbocycles. The summed E-state index contributed by atoms with van der Waals surface area (Å²) in [5.74, 6) is -1.78. The number of anilines is 1. The lowest BCUT2D eigenvalue weighted by Crippen LogP contribution is -2.48. The van der Waals surface area contributed by atoms with Gasteiger partial charge in [0, 0.05) is 30.1 Å². The number of rotatable bonds is 4. The van der Waals surface area contributed by atoms with Crippen molar-refractivity contribution >= 4 is 28.9 Å². The van der Waals surface area contributed by atoms with Crippen LogP contribution in [0.25, 0.3) is 5.57 Å². The minimum atomic E-state index is -4.54. The first kappa shape index (κ1) is 21.4. The molecule has 1 unspecified atom stereocenters. The molecule has 0 radical (unpaired) electrons. The second-order valence-corrected chi connectivity index (χ2v) is 7.99. The molecule has 0 spiro atoms. The number of halogens is 5. The molecule has 3 aliphatic rings. The van der Waals surface area contributed by atoms with Gasteiger partial charge in [-0.1, -0.05) is 18.5 Å². The number of amides is 1. The van der Waals surface area contributed by atoms with Gasteiger partial charge in [-0.25, -0.2) is 14.4 Å². The van der Waals surface area contributed by atoms with Gasteiger partial charge in [-0.05, 0) is 18.4 Å². The van der Waals surface area contributed by atoms with Crippen LogP contribution in [0.5, 0.6) is 0 Å². The van der Waals surface area contributed by atoms with Crippen molar-refractivity contribution in [3.63, 3.8) is 0 Å². The minimum Gasteiger partial charge on any atom is -0.367 e. The number of nitrogens with zero attached hydrogens (tertiary/aromatic N) is 3. The number of allylic oxidation sites excluding steroid dienone is 2. The standard InChI is InChI=1S/C19H19ClF4N6O/c1-9-2-3-30(14(9)18(31)28-8-19(22,23)24)17-13(21)7-27-16(29-17)12-6-26-15-11(12)4-10(20)5-25-15/h4-7,9,14-15,25-26H,2-3,8H2,1H3,(H,28,31)/t9-,14-,15?/m0/s1. The summed E-state index contributed by atoms with van der Waals surface area (Å²) >= 11 is 6.06. The van der Waals surface area contributed by atoms with E-state index >= 15 is 0 Å². The number of hydrogen-bond acceptors (Lipinski definition) is 6. The summed E-state index contributed by atoms with van der Waals surface area (Å²) in [4.78, 5) is 22.3. The van der Waals surface area contributed by atoms with E-state index in [9.17, 15) is 22.4 Å². The molecule has 4 heterocycles. The fraction of sp³-hybridized carbons (Fsp3) is 0.421. The average Bonchev–Trinajstić information content (AvgIpc) is 3.29. The number of fused-ring (bicyclic) bond motifs is 1. The van der Waals surface area contributed by atoms with Gasteiger partial charge in [-0.3, -0.25) is 4.79 Å². The molecule has 1 amide bonds.